The van der Waals surface area contributed by atoms with Gasteiger partial charge in [0.05, 0.1) is 17.9 Å². The van der Waals surface area contributed by atoms with E-state index in [1.54, 1.807) is 53.3 Å². The maximum absolute atomic E-state index is 14.2. The highest BCUT2D eigenvalue weighted by Crippen LogP contribution is 2.59. The fourth-order valence-corrected chi connectivity index (χ4v) is 6.08. The summed E-state index contributed by atoms with van der Waals surface area (Å²) >= 11 is 6.05. The summed E-state index contributed by atoms with van der Waals surface area (Å²) in [7, 11) is 1.68. The molecular formula is C26H32ClN3O5. The Kier molecular flexibility index (Phi) is 7.35. The van der Waals surface area contributed by atoms with E-state index in [1.165, 1.54) is 4.90 Å². The zero-order valence-electron chi connectivity index (χ0n) is 19.9. The highest BCUT2D eigenvalue weighted by Gasteiger charge is 2.74. The van der Waals surface area contributed by atoms with Crippen molar-refractivity contribution < 1.29 is 24.2 Å². The third kappa shape index (κ3) is 4.17. The van der Waals surface area contributed by atoms with Crippen LogP contribution in [0.3, 0.4) is 0 Å². The smallest absolute Gasteiger partial charge is 0.253 e. The average Bonchev–Trinajstić information content (AvgIpc) is 3.48. The molecule has 1 spiro atoms. The van der Waals surface area contributed by atoms with E-state index >= 15 is 0 Å². The van der Waals surface area contributed by atoms with Crippen LogP contribution in [0, 0.1) is 11.8 Å². The molecule has 3 aliphatic heterocycles. The first-order valence-electron chi connectivity index (χ1n) is 11.9. The molecule has 2 unspecified atom stereocenters. The Balaban J connectivity index is 1.75. The van der Waals surface area contributed by atoms with Gasteiger partial charge in [-0.05, 0) is 43.5 Å². The summed E-state index contributed by atoms with van der Waals surface area (Å²) in [6.07, 6.45) is 4.28. The molecule has 3 amide bonds. The number of carbonyl (C=O) groups is 3. The predicted octanol–water partition coefficient (Wildman–Crippen LogP) is 2.26. The highest BCUT2D eigenvalue weighted by atomic mass is 35.5. The fraction of sp³-hybridized carbons (Fsp3) is 0.500. The van der Waals surface area contributed by atoms with Crippen molar-refractivity contribution in [2.75, 3.05) is 38.2 Å². The van der Waals surface area contributed by atoms with Gasteiger partial charge in [0.1, 0.15) is 11.6 Å². The van der Waals surface area contributed by atoms with E-state index < -0.39 is 29.6 Å². The van der Waals surface area contributed by atoms with Gasteiger partial charge in [-0.25, -0.2) is 0 Å². The van der Waals surface area contributed by atoms with Crippen LogP contribution >= 0.6 is 11.6 Å². The Labute approximate surface area is 210 Å². The molecule has 2 bridgehead atoms. The Morgan fingerprint density at radius 3 is 2.54 bits per heavy atom. The minimum atomic E-state index is -1.09. The molecule has 188 valence electrons. The normalized spacial score (nSPS) is 28.7. The van der Waals surface area contributed by atoms with Gasteiger partial charge in [-0.1, -0.05) is 23.8 Å². The molecule has 5 atom stereocenters. The molecule has 3 heterocycles. The lowest BCUT2D eigenvalue weighted by Crippen LogP contribution is -2.56. The lowest BCUT2D eigenvalue weighted by atomic mass is 9.70. The topological polar surface area (TPSA) is 90.4 Å². The van der Waals surface area contributed by atoms with Crippen molar-refractivity contribution in [2.45, 2.75) is 37.0 Å². The molecule has 0 saturated carbocycles. The van der Waals surface area contributed by atoms with Crippen LogP contribution in [0.1, 0.15) is 19.3 Å². The number of ether oxygens (including phenoxy) is 1. The number of hydrogen-bond donors (Lipinski definition) is 1. The van der Waals surface area contributed by atoms with E-state index in [0.717, 1.165) is 0 Å². The summed E-state index contributed by atoms with van der Waals surface area (Å²) in [5.41, 5.74) is -0.463. The van der Waals surface area contributed by atoms with Crippen LogP contribution in [0.15, 0.2) is 49.6 Å². The maximum Gasteiger partial charge on any atom is 0.253 e. The van der Waals surface area contributed by atoms with E-state index in [4.69, 9.17) is 16.3 Å². The van der Waals surface area contributed by atoms with Crippen LogP contribution in [0.2, 0.25) is 5.02 Å². The summed E-state index contributed by atoms with van der Waals surface area (Å²) in [5, 5.41) is 10.0. The van der Waals surface area contributed by atoms with Crippen LogP contribution in [0.5, 0.6) is 0 Å². The molecule has 0 radical (unpaired) electrons. The number of likely N-dealkylation sites (tertiary alicyclic amines) is 1. The SMILES string of the molecule is C=CCN(C)C(=O)[C@@H]1[C@H]2C(=O)N(CCCO)C(C(=O)N(CC=C)c3ccc(Cl)cc3)C23CC[C@H]1O3. The second-order valence-corrected chi connectivity index (χ2v) is 9.82. The Morgan fingerprint density at radius 2 is 1.91 bits per heavy atom. The first kappa shape index (κ1) is 25.4. The fourth-order valence-electron chi connectivity index (χ4n) is 5.95. The van der Waals surface area contributed by atoms with Crippen molar-refractivity contribution in [3.8, 4) is 0 Å². The molecule has 3 saturated heterocycles. The number of carbonyl (C=O) groups excluding carboxylic acids is 3. The van der Waals surface area contributed by atoms with Gasteiger partial charge in [-0.15, -0.1) is 13.2 Å². The van der Waals surface area contributed by atoms with Crippen molar-refractivity contribution in [3.63, 3.8) is 0 Å². The van der Waals surface area contributed by atoms with E-state index in [1.807, 2.05) is 0 Å². The number of hydrogen-bond acceptors (Lipinski definition) is 5. The highest BCUT2D eigenvalue weighted by molar-refractivity contribution is 6.30. The third-order valence-electron chi connectivity index (χ3n) is 7.37. The monoisotopic (exact) mass is 501 g/mol. The van der Waals surface area contributed by atoms with Gasteiger partial charge in [0.2, 0.25) is 11.8 Å². The standard InChI is InChI=1S/C26H32ClN3O5/c1-4-13-28(3)23(32)20-19-11-12-26(35-19)21(20)24(33)30(15-6-16-31)22(26)25(34)29(14-5-2)18-9-7-17(27)8-10-18/h4-5,7-10,19-22,31H,1-2,6,11-16H2,3H3/t19-,20+,21+,22?,26?/m1/s1. The van der Waals surface area contributed by atoms with E-state index in [-0.39, 0.29) is 37.4 Å². The van der Waals surface area contributed by atoms with Crippen molar-refractivity contribution in [1.82, 2.24) is 9.80 Å². The van der Waals surface area contributed by atoms with Gasteiger partial charge in [-0.2, -0.15) is 0 Å². The molecule has 1 N–H and O–H groups in total. The number of amides is 3. The van der Waals surface area contributed by atoms with E-state index in [2.05, 4.69) is 13.2 Å². The molecule has 1 aromatic rings. The number of fused-ring (bicyclic) bond motifs is 1. The molecule has 35 heavy (non-hydrogen) atoms. The minimum absolute atomic E-state index is 0.121. The van der Waals surface area contributed by atoms with Gasteiger partial charge in [0.15, 0.2) is 0 Å². The number of anilines is 1. The van der Waals surface area contributed by atoms with Crippen molar-refractivity contribution in [1.29, 1.82) is 0 Å². The number of likely N-dealkylation sites (N-methyl/N-ethyl adjacent to an activating group) is 1. The molecule has 3 aliphatic rings. The lowest BCUT2D eigenvalue weighted by molar-refractivity contribution is -0.144. The molecule has 4 rings (SSSR count). The summed E-state index contributed by atoms with van der Waals surface area (Å²) in [6.45, 7) is 8.16. The largest absolute Gasteiger partial charge is 0.396 e. The quantitative estimate of drug-likeness (QED) is 0.497. The minimum Gasteiger partial charge on any atom is -0.396 e. The number of nitrogens with zero attached hydrogens (tertiary/aromatic N) is 3. The Morgan fingerprint density at radius 1 is 1.23 bits per heavy atom. The molecule has 3 fully saturated rings. The van der Waals surface area contributed by atoms with Crippen LogP contribution in [-0.4, -0.2) is 83.7 Å². The third-order valence-corrected chi connectivity index (χ3v) is 7.62. The van der Waals surface area contributed by atoms with Crippen LogP contribution in [0.4, 0.5) is 5.69 Å². The second kappa shape index (κ2) is 10.1. The van der Waals surface area contributed by atoms with Gasteiger partial charge < -0.3 is 24.5 Å². The van der Waals surface area contributed by atoms with Crippen LogP contribution < -0.4 is 4.90 Å². The number of benzene rings is 1. The second-order valence-electron chi connectivity index (χ2n) is 9.39. The average molecular weight is 502 g/mol. The van der Waals surface area contributed by atoms with Crippen molar-refractivity contribution >= 4 is 35.0 Å². The van der Waals surface area contributed by atoms with E-state index in [9.17, 15) is 19.5 Å². The molecule has 0 aromatic heterocycles. The molecule has 8 nitrogen and oxygen atoms in total. The van der Waals surface area contributed by atoms with Gasteiger partial charge in [0.25, 0.3) is 5.91 Å². The van der Waals surface area contributed by atoms with Crippen molar-refractivity contribution in [2.24, 2.45) is 11.8 Å². The number of aliphatic hydroxyl groups excluding tert-OH is 1. The molecular weight excluding hydrogens is 470 g/mol. The molecule has 0 aliphatic carbocycles. The van der Waals surface area contributed by atoms with Gasteiger partial charge >= 0.3 is 0 Å². The first-order valence-corrected chi connectivity index (χ1v) is 12.3. The zero-order chi connectivity index (χ0) is 25.3. The number of aliphatic hydroxyl groups is 1. The summed E-state index contributed by atoms with van der Waals surface area (Å²) in [4.78, 5) is 46.0. The van der Waals surface area contributed by atoms with Crippen LogP contribution in [0.25, 0.3) is 0 Å². The summed E-state index contributed by atoms with van der Waals surface area (Å²) in [5.74, 6) is -2.14. The number of rotatable bonds is 10. The maximum atomic E-state index is 14.2. The van der Waals surface area contributed by atoms with Gasteiger partial charge in [0, 0.05) is 44.0 Å². The van der Waals surface area contributed by atoms with E-state index in [0.29, 0.717) is 36.5 Å². The molecule has 1 aromatic carbocycles. The summed E-state index contributed by atoms with van der Waals surface area (Å²) < 4.78 is 6.45. The zero-order valence-corrected chi connectivity index (χ0v) is 20.7. The van der Waals surface area contributed by atoms with Crippen molar-refractivity contribution in [3.05, 3.63) is 54.6 Å². The predicted molar refractivity (Wildman–Crippen MR) is 133 cm³/mol. The molecule has 9 heteroatoms. The lowest BCUT2D eigenvalue weighted by Gasteiger charge is -2.37. The van der Waals surface area contributed by atoms with Crippen LogP contribution in [-0.2, 0) is 19.1 Å². The summed E-state index contributed by atoms with van der Waals surface area (Å²) in [6, 6.07) is 5.99. The van der Waals surface area contributed by atoms with Gasteiger partial charge in [-0.3, -0.25) is 14.4 Å². The Bertz CT molecular complexity index is 1010. The number of halogens is 1. The Hall–Kier alpha value is -2.68. The first-order chi connectivity index (χ1) is 16.8.